The molecule has 8 heteroatoms. The van der Waals surface area contributed by atoms with Crippen LogP contribution in [0.5, 0.6) is 0 Å². The van der Waals surface area contributed by atoms with Gasteiger partial charge in [-0.25, -0.2) is 19.9 Å². The molecule has 3 aromatic rings. The van der Waals surface area contributed by atoms with E-state index in [0.29, 0.717) is 11.3 Å². The molecule has 2 N–H and O–H groups in total. The van der Waals surface area contributed by atoms with Crippen molar-refractivity contribution in [1.82, 2.24) is 24.5 Å². The zero-order valence-electron chi connectivity index (χ0n) is 10.1. The van der Waals surface area contributed by atoms with Crippen LogP contribution < -0.4 is 5.73 Å². The third-order valence-corrected chi connectivity index (χ3v) is 4.66. The largest absolute Gasteiger partial charge is 0.382 e. The number of thiazole rings is 1. The highest BCUT2D eigenvalue weighted by atomic mass is 32.2. The Morgan fingerprint density at radius 3 is 3.05 bits per heavy atom. The maximum absolute atomic E-state index is 5.75. The van der Waals surface area contributed by atoms with Gasteiger partial charge in [0.15, 0.2) is 11.5 Å². The number of aromatic nitrogens is 5. The second-order valence-electron chi connectivity index (χ2n) is 3.87. The molecule has 0 saturated carbocycles. The molecule has 0 fully saturated rings. The number of nitrogen functional groups attached to an aromatic ring is 1. The molecule has 0 spiro atoms. The number of fused-ring (bicyclic) bond motifs is 1. The van der Waals surface area contributed by atoms with E-state index in [0.717, 1.165) is 28.7 Å². The quantitative estimate of drug-likeness (QED) is 0.572. The molecule has 0 bridgehead atoms. The maximum Gasteiger partial charge on any atom is 0.165 e. The molecule has 0 amide bonds. The molecule has 3 aromatic heterocycles. The molecule has 98 valence electrons. The van der Waals surface area contributed by atoms with E-state index in [1.54, 1.807) is 29.4 Å². The fourth-order valence-electron chi connectivity index (χ4n) is 1.74. The Balaban J connectivity index is 1.61. The lowest BCUT2D eigenvalue weighted by molar-refractivity contribution is 0.696. The Hall–Kier alpha value is -1.67. The number of aryl methyl sites for hydroxylation is 1. The van der Waals surface area contributed by atoms with Gasteiger partial charge in [-0.05, 0) is 6.42 Å². The molecule has 0 atom stereocenters. The van der Waals surface area contributed by atoms with Crippen molar-refractivity contribution in [3.63, 3.8) is 0 Å². The lowest BCUT2D eigenvalue weighted by atomic mass is 10.4. The highest BCUT2D eigenvalue weighted by Crippen LogP contribution is 2.21. The Kier molecular flexibility index (Phi) is 3.60. The minimum Gasteiger partial charge on any atom is -0.382 e. The number of imidazole rings is 1. The van der Waals surface area contributed by atoms with Crippen molar-refractivity contribution >= 4 is 40.1 Å². The third kappa shape index (κ3) is 2.69. The van der Waals surface area contributed by atoms with Crippen LogP contribution in [0.25, 0.3) is 11.2 Å². The summed E-state index contributed by atoms with van der Waals surface area (Å²) in [5, 5.41) is 1.99. The number of anilines is 1. The van der Waals surface area contributed by atoms with E-state index in [9.17, 15) is 0 Å². The molecule has 6 nitrogen and oxygen atoms in total. The standard InChI is InChI=1S/C11H12N6S2/c12-9-8-10(15-6-14-9)17(7-16-8)3-1-4-18-11-13-2-5-19-11/h2,5-7H,1,3-4H2,(H2,12,14,15). The van der Waals surface area contributed by atoms with E-state index in [1.807, 2.05) is 16.1 Å². The third-order valence-electron chi connectivity index (χ3n) is 2.61. The number of hydrogen-bond donors (Lipinski definition) is 1. The topological polar surface area (TPSA) is 82.5 Å². The van der Waals surface area contributed by atoms with Gasteiger partial charge < -0.3 is 10.3 Å². The van der Waals surface area contributed by atoms with Crippen molar-refractivity contribution in [3.05, 3.63) is 24.2 Å². The minimum absolute atomic E-state index is 0.431. The highest BCUT2D eigenvalue weighted by molar-refractivity contribution is 8.00. The van der Waals surface area contributed by atoms with Gasteiger partial charge in [0.05, 0.1) is 6.33 Å². The van der Waals surface area contributed by atoms with E-state index in [1.165, 1.54) is 6.33 Å². The van der Waals surface area contributed by atoms with Crippen LogP contribution in [0.2, 0.25) is 0 Å². The summed E-state index contributed by atoms with van der Waals surface area (Å²) >= 11 is 3.44. The van der Waals surface area contributed by atoms with Gasteiger partial charge >= 0.3 is 0 Å². The molecule has 0 unspecified atom stereocenters. The lowest BCUT2D eigenvalue weighted by Gasteiger charge is -2.02. The van der Waals surface area contributed by atoms with Crippen molar-refractivity contribution in [2.75, 3.05) is 11.5 Å². The van der Waals surface area contributed by atoms with Crippen LogP contribution in [-0.4, -0.2) is 30.3 Å². The average Bonchev–Trinajstić information content (AvgIpc) is 3.05. The lowest BCUT2D eigenvalue weighted by Crippen LogP contribution is -2.00. The predicted molar refractivity (Wildman–Crippen MR) is 77.2 cm³/mol. The molecular weight excluding hydrogens is 280 g/mol. The minimum atomic E-state index is 0.431. The van der Waals surface area contributed by atoms with Gasteiger partial charge in [-0.1, -0.05) is 11.8 Å². The van der Waals surface area contributed by atoms with Gasteiger partial charge in [-0.2, -0.15) is 0 Å². The summed E-state index contributed by atoms with van der Waals surface area (Å²) in [7, 11) is 0. The Labute approximate surface area is 118 Å². The molecule has 0 aromatic carbocycles. The average molecular weight is 292 g/mol. The molecule has 0 aliphatic heterocycles. The summed E-state index contributed by atoms with van der Waals surface area (Å²) in [6.45, 7) is 0.866. The summed E-state index contributed by atoms with van der Waals surface area (Å²) in [4.78, 5) is 16.6. The van der Waals surface area contributed by atoms with Crippen LogP contribution in [0.1, 0.15) is 6.42 Å². The van der Waals surface area contributed by atoms with Crippen molar-refractivity contribution in [2.24, 2.45) is 0 Å². The van der Waals surface area contributed by atoms with Gasteiger partial charge in [0.25, 0.3) is 0 Å². The second kappa shape index (κ2) is 5.54. The number of hydrogen-bond acceptors (Lipinski definition) is 7. The number of rotatable bonds is 5. The summed E-state index contributed by atoms with van der Waals surface area (Å²) in [6, 6.07) is 0. The molecule has 0 aliphatic rings. The van der Waals surface area contributed by atoms with E-state index < -0.39 is 0 Å². The monoisotopic (exact) mass is 292 g/mol. The fourth-order valence-corrected chi connectivity index (χ4v) is 3.37. The van der Waals surface area contributed by atoms with Crippen LogP contribution in [0.15, 0.2) is 28.6 Å². The Morgan fingerprint density at radius 1 is 1.26 bits per heavy atom. The van der Waals surface area contributed by atoms with Gasteiger partial charge in [0, 0.05) is 23.9 Å². The fraction of sp³-hybridized carbons (Fsp3) is 0.273. The van der Waals surface area contributed by atoms with E-state index in [4.69, 9.17) is 5.73 Å². The molecule has 0 radical (unpaired) electrons. The molecule has 0 aliphatic carbocycles. The number of nitrogens with zero attached hydrogens (tertiary/aromatic N) is 5. The van der Waals surface area contributed by atoms with Crippen molar-refractivity contribution in [2.45, 2.75) is 17.3 Å². The summed E-state index contributed by atoms with van der Waals surface area (Å²) < 4.78 is 3.12. The summed E-state index contributed by atoms with van der Waals surface area (Å²) in [6.07, 6.45) is 6.10. The number of thioether (sulfide) groups is 1. The smallest absolute Gasteiger partial charge is 0.165 e. The first-order chi connectivity index (χ1) is 9.34. The zero-order chi connectivity index (χ0) is 13.1. The van der Waals surface area contributed by atoms with E-state index in [-0.39, 0.29) is 0 Å². The van der Waals surface area contributed by atoms with Crippen molar-refractivity contribution in [3.8, 4) is 0 Å². The van der Waals surface area contributed by atoms with Crippen LogP contribution in [0, 0.1) is 0 Å². The normalized spacial score (nSPS) is 11.2. The van der Waals surface area contributed by atoms with Gasteiger partial charge in [0.2, 0.25) is 0 Å². The maximum atomic E-state index is 5.75. The molecular formula is C11H12N6S2. The Morgan fingerprint density at radius 2 is 2.21 bits per heavy atom. The van der Waals surface area contributed by atoms with Gasteiger partial charge in [-0.3, -0.25) is 0 Å². The predicted octanol–water partition coefficient (Wildman–Crippen LogP) is 2.05. The van der Waals surface area contributed by atoms with Crippen molar-refractivity contribution < 1.29 is 0 Å². The highest BCUT2D eigenvalue weighted by Gasteiger charge is 2.07. The SMILES string of the molecule is Nc1ncnc2c1ncn2CCCSc1nccs1. The molecule has 0 saturated heterocycles. The zero-order valence-corrected chi connectivity index (χ0v) is 11.7. The van der Waals surface area contributed by atoms with Crippen molar-refractivity contribution in [1.29, 1.82) is 0 Å². The summed E-state index contributed by atoms with van der Waals surface area (Å²) in [5.41, 5.74) is 7.22. The second-order valence-corrected chi connectivity index (χ2v) is 6.11. The molecule has 3 rings (SSSR count). The summed E-state index contributed by atoms with van der Waals surface area (Å²) in [5.74, 6) is 1.45. The van der Waals surface area contributed by atoms with E-state index in [2.05, 4.69) is 19.9 Å². The van der Waals surface area contributed by atoms with E-state index >= 15 is 0 Å². The number of nitrogens with two attached hydrogens (primary N) is 1. The molecule has 19 heavy (non-hydrogen) atoms. The van der Waals surface area contributed by atoms with Gasteiger partial charge in [0.1, 0.15) is 16.2 Å². The van der Waals surface area contributed by atoms with Crippen LogP contribution >= 0.6 is 23.1 Å². The first-order valence-corrected chi connectivity index (χ1v) is 7.65. The van der Waals surface area contributed by atoms with Crippen LogP contribution in [0.4, 0.5) is 5.82 Å². The molecule has 3 heterocycles. The van der Waals surface area contributed by atoms with Crippen LogP contribution in [-0.2, 0) is 6.54 Å². The first-order valence-electron chi connectivity index (χ1n) is 5.78. The van der Waals surface area contributed by atoms with Crippen LogP contribution in [0.3, 0.4) is 0 Å². The Bertz CT molecular complexity index is 663. The van der Waals surface area contributed by atoms with Gasteiger partial charge in [-0.15, -0.1) is 11.3 Å². The first kappa shape index (κ1) is 12.4.